The van der Waals surface area contributed by atoms with E-state index < -0.39 is 5.97 Å². The Morgan fingerprint density at radius 3 is 2.37 bits per heavy atom. The summed E-state index contributed by atoms with van der Waals surface area (Å²) in [5, 5.41) is 9.09. The quantitative estimate of drug-likeness (QED) is 0.889. The lowest BCUT2D eigenvalue weighted by atomic mass is 9.87. The minimum atomic E-state index is -0.883. The summed E-state index contributed by atoms with van der Waals surface area (Å²) in [5.74, 6) is -0.409. The molecule has 1 aromatic carbocycles. The van der Waals surface area contributed by atoms with Crippen molar-refractivity contribution in [2.45, 2.75) is 32.6 Å². The molecule has 0 atom stereocenters. The number of rotatable bonds is 2. The van der Waals surface area contributed by atoms with Crippen LogP contribution in [0.15, 0.2) is 18.2 Å². The molecule has 1 saturated heterocycles. The molecule has 1 heterocycles. The standard InChI is InChI=1S/C15H19NO3/c1-10-7-13(9-14(8-10)15(18)19)12-3-5-16(6-4-12)11(2)17/h7-9,12H,3-6H2,1-2H3,(H,18,19). The van der Waals surface area contributed by atoms with Gasteiger partial charge in [-0.25, -0.2) is 4.79 Å². The Morgan fingerprint density at radius 1 is 1.21 bits per heavy atom. The van der Waals surface area contributed by atoms with Gasteiger partial charge in [-0.2, -0.15) is 0 Å². The molecule has 1 aliphatic rings. The van der Waals surface area contributed by atoms with Crippen LogP contribution >= 0.6 is 0 Å². The zero-order valence-corrected chi connectivity index (χ0v) is 11.3. The van der Waals surface area contributed by atoms with Crippen LogP contribution in [0.1, 0.15) is 47.2 Å². The molecule has 0 saturated carbocycles. The van der Waals surface area contributed by atoms with Crippen LogP contribution in [0.5, 0.6) is 0 Å². The van der Waals surface area contributed by atoms with Gasteiger partial charge in [0.05, 0.1) is 5.56 Å². The fraction of sp³-hybridized carbons (Fsp3) is 0.467. The molecule has 0 bridgehead atoms. The highest BCUT2D eigenvalue weighted by molar-refractivity contribution is 5.88. The molecular weight excluding hydrogens is 242 g/mol. The lowest BCUT2D eigenvalue weighted by Crippen LogP contribution is -2.36. The van der Waals surface area contributed by atoms with Crippen molar-refractivity contribution in [3.05, 3.63) is 34.9 Å². The van der Waals surface area contributed by atoms with E-state index in [0.717, 1.165) is 37.1 Å². The van der Waals surface area contributed by atoms with Gasteiger partial charge in [-0.3, -0.25) is 4.79 Å². The topological polar surface area (TPSA) is 57.6 Å². The van der Waals surface area contributed by atoms with Gasteiger partial charge in [-0.15, -0.1) is 0 Å². The minimum absolute atomic E-state index is 0.119. The fourth-order valence-corrected chi connectivity index (χ4v) is 2.70. The molecule has 1 fully saturated rings. The van der Waals surface area contributed by atoms with Crippen molar-refractivity contribution in [2.24, 2.45) is 0 Å². The average molecular weight is 261 g/mol. The Hall–Kier alpha value is -1.84. The van der Waals surface area contributed by atoms with Crippen molar-refractivity contribution in [2.75, 3.05) is 13.1 Å². The summed E-state index contributed by atoms with van der Waals surface area (Å²) in [6.07, 6.45) is 1.81. The molecular formula is C15H19NO3. The first-order chi connectivity index (χ1) is 8.97. The van der Waals surface area contributed by atoms with Crippen LogP contribution < -0.4 is 0 Å². The number of carbonyl (C=O) groups excluding carboxylic acids is 1. The van der Waals surface area contributed by atoms with E-state index in [-0.39, 0.29) is 5.91 Å². The second kappa shape index (κ2) is 5.43. The molecule has 4 nitrogen and oxygen atoms in total. The number of hydrogen-bond donors (Lipinski definition) is 1. The third kappa shape index (κ3) is 3.13. The number of piperidine rings is 1. The van der Waals surface area contributed by atoms with E-state index in [2.05, 4.69) is 6.07 Å². The number of nitrogens with zero attached hydrogens (tertiary/aromatic N) is 1. The lowest BCUT2D eigenvalue weighted by Gasteiger charge is -2.31. The van der Waals surface area contributed by atoms with Gasteiger partial charge in [0.2, 0.25) is 5.91 Å². The largest absolute Gasteiger partial charge is 0.478 e. The molecule has 0 radical (unpaired) electrons. The van der Waals surface area contributed by atoms with Gasteiger partial charge in [-0.1, -0.05) is 6.07 Å². The Balaban J connectivity index is 2.15. The van der Waals surface area contributed by atoms with E-state index >= 15 is 0 Å². The molecule has 4 heteroatoms. The molecule has 2 rings (SSSR count). The number of hydrogen-bond acceptors (Lipinski definition) is 2. The van der Waals surface area contributed by atoms with Crippen molar-refractivity contribution in [1.29, 1.82) is 0 Å². The molecule has 0 aliphatic carbocycles. The summed E-state index contributed by atoms with van der Waals surface area (Å²) in [4.78, 5) is 24.2. The summed E-state index contributed by atoms with van der Waals surface area (Å²) >= 11 is 0. The predicted octanol–water partition coefficient (Wildman–Crippen LogP) is 2.42. The Kier molecular flexibility index (Phi) is 3.88. The minimum Gasteiger partial charge on any atom is -0.478 e. The van der Waals surface area contributed by atoms with Crippen LogP contribution in [-0.2, 0) is 4.79 Å². The van der Waals surface area contributed by atoms with Crippen molar-refractivity contribution >= 4 is 11.9 Å². The number of aryl methyl sites for hydroxylation is 1. The number of amides is 1. The number of likely N-dealkylation sites (tertiary alicyclic amines) is 1. The first-order valence-electron chi connectivity index (χ1n) is 6.58. The monoisotopic (exact) mass is 261 g/mol. The SMILES string of the molecule is CC(=O)N1CCC(c2cc(C)cc(C(=O)O)c2)CC1. The molecule has 0 unspecified atom stereocenters. The van der Waals surface area contributed by atoms with Gasteiger partial charge in [0.15, 0.2) is 0 Å². The molecule has 0 spiro atoms. The van der Waals surface area contributed by atoms with Gasteiger partial charge in [0.25, 0.3) is 0 Å². The molecule has 102 valence electrons. The van der Waals surface area contributed by atoms with E-state index in [9.17, 15) is 9.59 Å². The number of carboxylic acid groups (broad SMARTS) is 1. The molecule has 1 N–H and O–H groups in total. The van der Waals surface area contributed by atoms with E-state index in [0.29, 0.717) is 11.5 Å². The zero-order chi connectivity index (χ0) is 14.0. The number of aromatic carboxylic acids is 1. The van der Waals surface area contributed by atoms with Crippen molar-refractivity contribution in [3.8, 4) is 0 Å². The second-order valence-electron chi connectivity index (χ2n) is 5.22. The maximum Gasteiger partial charge on any atom is 0.335 e. The molecule has 0 aromatic heterocycles. The summed E-state index contributed by atoms with van der Waals surface area (Å²) in [6, 6.07) is 5.51. The van der Waals surface area contributed by atoms with E-state index in [4.69, 9.17) is 5.11 Å². The third-order valence-electron chi connectivity index (χ3n) is 3.76. The van der Waals surface area contributed by atoms with E-state index in [1.54, 1.807) is 19.1 Å². The fourth-order valence-electron chi connectivity index (χ4n) is 2.70. The summed E-state index contributed by atoms with van der Waals surface area (Å²) in [5.41, 5.74) is 2.41. The highest BCUT2D eigenvalue weighted by Crippen LogP contribution is 2.29. The van der Waals surface area contributed by atoms with Crippen LogP contribution in [0.4, 0.5) is 0 Å². The molecule has 1 aromatic rings. The third-order valence-corrected chi connectivity index (χ3v) is 3.76. The summed E-state index contributed by atoms with van der Waals surface area (Å²) in [7, 11) is 0. The first kappa shape index (κ1) is 13.6. The maximum absolute atomic E-state index is 11.3. The van der Waals surface area contributed by atoms with Crippen molar-refractivity contribution < 1.29 is 14.7 Å². The zero-order valence-electron chi connectivity index (χ0n) is 11.3. The Morgan fingerprint density at radius 2 is 1.84 bits per heavy atom. The summed E-state index contributed by atoms with van der Waals surface area (Å²) in [6.45, 7) is 5.03. The Bertz CT molecular complexity index is 502. The van der Waals surface area contributed by atoms with Gasteiger partial charge < -0.3 is 10.0 Å². The maximum atomic E-state index is 11.3. The molecule has 19 heavy (non-hydrogen) atoms. The first-order valence-corrected chi connectivity index (χ1v) is 6.58. The van der Waals surface area contributed by atoms with Gasteiger partial charge in [-0.05, 0) is 48.9 Å². The van der Waals surface area contributed by atoms with Gasteiger partial charge >= 0.3 is 5.97 Å². The average Bonchev–Trinajstić information content (AvgIpc) is 2.38. The van der Waals surface area contributed by atoms with Crippen LogP contribution in [0, 0.1) is 6.92 Å². The lowest BCUT2D eigenvalue weighted by molar-refractivity contribution is -0.129. The predicted molar refractivity (Wildman–Crippen MR) is 72.4 cm³/mol. The van der Waals surface area contributed by atoms with Gasteiger partial charge in [0, 0.05) is 20.0 Å². The van der Waals surface area contributed by atoms with Crippen LogP contribution in [0.25, 0.3) is 0 Å². The highest BCUT2D eigenvalue weighted by atomic mass is 16.4. The number of carbonyl (C=O) groups is 2. The van der Waals surface area contributed by atoms with Crippen LogP contribution in [-0.4, -0.2) is 35.0 Å². The molecule has 1 amide bonds. The smallest absolute Gasteiger partial charge is 0.335 e. The normalized spacial score (nSPS) is 16.4. The van der Waals surface area contributed by atoms with Gasteiger partial charge in [0.1, 0.15) is 0 Å². The number of benzene rings is 1. The van der Waals surface area contributed by atoms with E-state index in [1.165, 1.54) is 0 Å². The highest BCUT2D eigenvalue weighted by Gasteiger charge is 2.22. The van der Waals surface area contributed by atoms with Crippen molar-refractivity contribution in [3.63, 3.8) is 0 Å². The van der Waals surface area contributed by atoms with Crippen LogP contribution in [0.3, 0.4) is 0 Å². The van der Waals surface area contributed by atoms with Crippen LogP contribution in [0.2, 0.25) is 0 Å². The van der Waals surface area contributed by atoms with E-state index in [1.807, 2.05) is 11.8 Å². The number of carboxylic acids is 1. The molecule has 1 aliphatic heterocycles. The van der Waals surface area contributed by atoms with Crippen molar-refractivity contribution in [1.82, 2.24) is 4.90 Å². The second-order valence-corrected chi connectivity index (χ2v) is 5.22. The Labute approximate surface area is 113 Å². The summed E-state index contributed by atoms with van der Waals surface area (Å²) < 4.78 is 0.